The number of aliphatic hydroxyl groups is 8. The van der Waals surface area contributed by atoms with Gasteiger partial charge in [0.1, 0.15) is 48.8 Å². The standard InChI is InChI=1S/C37H71NO13/c1-3-5-7-9-10-11-12-13-14-15-16-17-19-21-29(42)38-25(26(41)20-18-8-6-4-2)24-48-36-34(47)32(45)35(28(23-40)50-36)51-37-33(46)31(44)30(43)27(22-39)49-37/h25-28,30-37,39-41,43-47H,3-24H2,1-2H3,(H,38,42). The quantitative estimate of drug-likeness (QED) is 0.0524. The molecule has 2 fully saturated rings. The largest absolute Gasteiger partial charge is 0.394 e. The Morgan fingerprint density at radius 1 is 0.627 bits per heavy atom. The molecule has 2 rings (SSSR count). The minimum Gasteiger partial charge on any atom is -0.394 e. The minimum absolute atomic E-state index is 0.217. The minimum atomic E-state index is -1.77. The fourth-order valence-electron chi connectivity index (χ4n) is 6.70. The van der Waals surface area contributed by atoms with Crippen molar-refractivity contribution in [2.24, 2.45) is 0 Å². The average molecular weight is 738 g/mol. The maximum Gasteiger partial charge on any atom is 0.220 e. The fourth-order valence-corrected chi connectivity index (χ4v) is 6.70. The number of carbonyl (C=O) groups excluding carboxylic acids is 1. The van der Waals surface area contributed by atoms with Crippen LogP contribution in [0.2, 0.25) is 0 Å². The summed E-state index contributed by atoms with van der Waals surface area (Å²) < 4.78 is 22.5. The van der Waals surface area contributed by atoms with Crippen LogP contribution in [0.1, 0.15) is 136 Å². The molecule has 0 spiro atoms. The van der Waals surface area contributed by atoms with Crippen LogP contribution >= 0.6 is 0 Å². The van der Waals surface area contributed by atoms with Gasteiger partial charge in [0.05, 0.1) is 32.0 Å². The Balaban J connectivity index is 1.86. The van der Waals surface area contributed by atoms with E-state index in [0.29, 0.717) is 12.8 Å². The third-order valence-electron chi connectivity index (χ3n) is 10.1. The Bertz CT molecular complexity index is 883. The number of amides is 1. The topological polar surface area (TPSA) is 228 Å². The number of unbranched alkanes of at least 4 members (excludes halogenated alkanes) is 15. The number of ether oxygens (including phenoxy) is 4. The molecule has 0 aliphatic carbocycles. The highest BCUT2D eigenvalue weighted by atomic mass is 16.7. The number of carbonyl (C=O) groups is 1. The first-order chi connectivity index (χ1) is 24.6. The first-order valence-corrected chi connectivity index (χ1v) is 19.8. The average Bonchev–Trinajstić information content (AvgIpc) is 3.12. The summed E-state index contributed by atoms with van der Waals surface area (Å²) in [5, 5.41) is 85.7. The summed E-state index contributed by atoms with van der Waals surface area (Å²) >= 11 is 0. The summed E-state index contributed by atoms with van der Waals surface area (Å²) in [6.07, 6.45) is 3.44. The van der Waals surface area contributed by atoms with Crippen LogP contribution in [0.15, 0.2) is 0 Å². The van der Waals surface area contributed by atoms with E-state index in [9.17, 15) is 45.6 Å². The Morgan fingerprint density at radius 3 is 1.67 bits per heavy atom. The molecular weight excluding hydrogens is 666 g/mol. The van der Waals surface area contributed by atoms with Gasteiger partial charge in [0.15, 0.2) is 12.6 Å². The predicted molar refractivity (Wildman–Crippen MR) is 189 cm³/mol. The lowest BCUT2D eigenvalue weighted by Gasteiger charge is -2.46. The van der Waals surface area contributed by atoms with Gasteiger partial charge in [-0.2, -0.15) is 0 Å². The molecular formula is C37H71NO13. The molecule has 0 aromatic rings. The summed E-state index contributed by atoms with van der Waals surface area (Å²) in [4.78, 5) is 12.9. The lowest BCUT2D eigenvalue weighted by Crippen LogP contribution is -2.65. The van der Waals surface area contributed by atoms with Crippen molar-refractivity contribution in [3.05, 3.63) is 0 Å². The molecule has 51 heavy (non-hydrogen) atoms. The van der Waals surface area contributed by atoms with Gasteiger partial charge in [-0.1, -0.05) is 117 Å². The van der Waals surface area contributed by atoms with Crippen molar-refractivity contribution in [1.82, 2.24) is 5.32 Å². The van der Waals surface area contributed by atoms with Crippen molar-refractivity contribution < 1.29 is 64.6 Å². The van der Waals surface area contributed by atoms with Crippen molar-refractivity contribution in [3.63, 3.8) is 0 Å². The molecule has 0 bridgehead atoms. The number of rotatable bonds is 28. The summed E-state index contributed by atoms with van der Waals surface area (Å²) in [5.74, 6) is -0.217. The maximum atomic E-state index is 12.9. The van der Waals surface area contributed by atoms with Crippen LogP contribution in [-0.4, -0.2) is 140 Å². The second-order valence-electron chi connectivity index (χ2n) is 14.4. The lowest BCUT2D eigenvalue weighted by atomic mass is 9.97. The molecule has 1 amide bonds. The molecule has 12 unspecified atom stereocenters. The van der Waals surface area contributed by atoms with Gasteiger partial charge in [0.25, 0.3) is 0 Å². The van der Waals surface area contributed by atoms with Crippen LogP contribution in [0.4, 0.5) is 0 Å². The smallest absolute Gasteiger partial charge is 0.220 e. The molecule has 0 aromatic heterocycles. The number of hydrogen-bond donors (Lipinski definition) is 9. The van der Waals surface area contributed by atoms with Gasteiger partial charge in [-0.15, -0.1) is 0 Å². The lowest BCUT2D eigenvalue weighted by molar-refractivity contribution is -0.359. The highest BCUT2D eigenvalue weighted by molar-refractivity contribution is 5.76. The van der Waals surface area contributed by atoms with Crippen molar-refractivity contribution in [3.8, 4) is 0 Å². The van der Waals surface area contributed by atoms with E-state index in [2.05, 4.69) is 19.2 Å². The van der Waals surface area contributed by atoms with E-state index in [4.69, 9.17) is 18.9 Å². The second-order valence-corrected chi connectivity index (χ2v) is 14.4. The van der Waals surface area contributed by atoms with Crippen LogP contribution in [0.25, 0.3) is 0 Å². The Morgan fingerprint density at radius 2 is 1.12 bits per heavy atom. The molecule has 302 valence electrons. The van der Waals surface area contributed by atoms with E-state index in [1.165, 1.54) is 57.8 Å². The van der Waals surface area contributed by atoms with E-state index in [1.807, 2.05) is 0 Å². The van der Waals surface area contributed by atoms with E-state index in [1.54, 1.807) is 0 Å². The first-order valence-electron chi connectivity index (χ1n) is 19.8. The first kappa shape index (κ1) is 46.1. The molecule has 0 saturated carbocycles. The zero-order valence-electron chi connectivity index (χ0n) is 31.1. The van der Waals surface area contributed by atoms with Crippen LogP contribution in [0, 0.1) is 0 Å². The van der Waals surface area contributed by atoms with Crippen molar-refractivity contribution in [2.45, 2.75) is 209 Å². The van der Waals surface area contributed by atoms with Gasteiger partial charge in [-0.25, -0.2) is 0 Å². The van der Waals surface area contributed by atoms with Gasteiger partial charge >= 0.3 is 0 Å². The van der Waals surface area contributed by atoms with Crippen LogP contribution in [-0.2, 0) is 23.7 Å². The Hall–Kier alpha value is -1.01. The van der Waals surface area contributed by atoms with Gasteiger partial charge in [-0.3, -0.25) is 4.79 Å². The predicted octanol–water partition coefficient (Wildman–Crippen LogP) is 1.92. The fraction of sp³-hybridized carbons (Fsp3) is 0.973. The molecule has 9 N–H and O–H groups in total. The molecule has 0 radical (unpaired) electrons. The van der Waals surface area contributed by atoms with Crippen molar-refractivity contribution >= 4 is 5.91 Å². The van der Waals surface area contributed by atoms with E-state index in [-0.39, 0.29) is 12.5 Å². The zero-order chi connectivity index (χ0) is 37.6. The maximum absolute atomic E-state index is 12.9. The SMILES string of the molecule is CCCCCCCCCCCCCCCC(=O)NC(COC1OC(CO)C(OC2OC(CO)C(O)C(O)C2O)C(O)C1O)C(O)CCCCCC. The van der Waals surface area contributed by atoms with Gasteiger partial charge in [0, 0.05) is 6.42 Å². The third-order valence-corrected chi connectivity index (χ3v) is 10.1. The summed E-state index contributed by atoms with van der Waals surface area (Å²) in [6.45, 7) is 2.68. The van der Waals surface area contributed by atoms with Crippen LogP contribution in [0.5, 0.6) is 0 Å². The van der Waals surface area contributed by atoms with E-state index >= 15 is 0 Å². The van der Waals surface area contributed by atoms with Gasteiger partial charge < -0.3 is 65.1 Å². The zero-order valence-corrected chi connectivity index (χ0v) is 31.1. The highest BCUT2D eigenvalue weighted by Crippen LogP contribution is 2.30. The second kappa shape index (κ2) is 26.7. The van der Waals surface area contributed by atoms with E-state index < -0.39 is 86.8 Å². The summed E-state index contributed by atoms with van der Waals surface area (Å²) in [6, 6.07) is -0.815. The summed E-state index contributed by atoms with van der Waals surface area (Å²) in [5.41, 5.74) is 0. The van der Waals surface area contributed by atoms with Crippen LogP contribution < -0.4 is 5.32 Å². The monoisotopic (exact) mass is 737 g/mol. The third kappa shape index (κ3) is 16.5. The highest BCUT2D eigenvalue weighted by Gasteiger charge is 2.50. The molecule has 2 saturated heterocycles. The Kier molecular flexibility index (Phi) is 24.2. The normalized spacial score (nSPS) is 31.0. The Labute approximate surface area is 304 Å². The van der Waals surface area contributed by atoms with E-state index in [0.717, 1.165) is 51.4 Å². The number of aliphatic hydroxyl groups excluding tert-OH is 8. The number of hydrogen-bond acceptors (Lipinski definition) is 13. The molecule has 0 aromatic carbocycles. The van der Waals surface area contributed by atoms with Crippen LogP contribution in [0.3, 0.4) is 0 Å². The summed E-state index contributed by atoms with van der Waals surface area (Å²) in [7, 11) is 0. The van der Waals surface area contributed by atoms with Gasteiger partial charge in [0.2, 0.25) is 5.91 Å². The number of nitrogens with one attached hydrogen (secondary N) is 1. The van der Waals surface area contributed by atoms with Crippen molar-refractivity contribution in [1.29, 1.82) is 0 Å². The molecule has 2 aliphatic heterocycles. The molecule has 14 heteroatoms. The van der Waals surface area contributed by atoms with Gasteiger partial charge in [-0.05, 0) is 12.8 Å². The molecule has 2 aliphatic rings. The molecule has 14 nitrogen and oxygen atoms in total. The van der Waals surface area contributed by atoms with Crippen molar-refractivity contribution in [2.75, 3.05) is 19.8 Å². The molecule has 2 heterocycles. The molecule has 12 atom stereocenters.